The average Bonchev–Trinajstić information content (AvgIpc) is 2.61. The highest BCUT2D eigenvalue weighted by Crippen LogP contribution is 2.33. The molecule has 2 aromatic heterocycles. The SMILES string of the molecule is Cc1sc(-c2csnn2)cc1Br. The average molecular weight is 261 g/mol. The first-order valence-electron chi connectivity index (χ1n) is 3.31. The minimum Gasteiger partial charge on any atom is -0.138 e. The molecule has 0 aliphatic heterocycles. The molecule has 0 radical (unpaired) electrons. The Bertz CT molecular complexity index is 361. The van der Waals surface area contributed by atoms with Gasteiger partial charge < -0.3 is 0 Å². The van der Waals surface area contributed by atoms with Crippen LogP contribution in [-0.2, 0) is 0 Å². The topological polar surface area (TPSA) is 25.8 Å². The van der Waals surface area contributed by atoms with Crippen molar-refractivity contribution < 1.29 is 0 Å². The fourth-order valence-corrected chi connectivity index (χ4v) is 2.88. The number of nitrogens with zero attached hydrogens (tertiary/aromatic N) is 2. The lowest BCUT2D eigenvalue weighted by Gasteiger charge is -1.83. The number of aromatic nitrogens is 2. The van der Waals surface area contributed by atoms with E-state index in [0.717, 1.165) is 10.2 Å². The molecule has 5 heteroatoms. The van der Waals surface area contributed by atoms with Crippen molar-refractivity contribution in [2.75, 3.05) is 0 Å². The van der Waals surface area contributed by atoms with Crippen molar-refractivity contribution in [1.82, 2.24) is 9.59 Å². The van der Waals surface area contributed by atoms with Crippen LogP contribution in [0.3, 0.4) is 0 Å². The third-order valence-electron chi connectivity index (χ3n) is 1.47. The third-order valence-corrected chi connectivity index (χ3v) is 4.13. The second kappa shape index (κ2) is 3.24. The summed E-state index contributed by atoms with van der Waals surface area (Å²) in [4.78, 5) is 2.45. The van der Waals surface area contributed by atoms with Crippen LogP contribution in [0.4, 0.5) is 0 Å². The zero-order chi connectivity index (χ0) is 8.55. The lowest BCUT2D eigenvalue weighted by Crippen LogP contribution is -1.69. The standard InChI is InChI=1S/C7H5BrN2S2/c1-4-5(8)2-7(12-4)6-3-11-10-9-6/h2-3H,1H3. The van der Waals surface area contributed by atoms with Crippen LogP contribution < -0.4 is 0 Å². The van der Waals surface area contributed by atoms with Gasteiger partial charge in [-0.2, -0.15) is 0 Å². The predicted molar refractivity (Wildman–Crippen MR) is 55.7 cm³/mol. The van der Waals surface area contributed by atoms with E-state index in [1.807, 2.05) is 5.38 Å². The molecule has 0 atom stereocenters. The molecule has 2 nitrogen and oxygen atoms in total. The first-order chi connectivity index (χ1) is 5.77. The Hall–Kier alpha value is -0.260. The molecular weight excluding hydrogens is 256 g/mol. The number of hydrogen-bond donors (Lipinski definition) is 0. The van der Waals surface area contributed by atoms with E-state index in [9.17, 15) is 0 Å². The van der Waals surface area contributed by atoms with Gasteiger partial charge in [0.15, 0.2) is 0 Å². The van der Waals surface area contributed by atoms with Crippen LogP contribution >= 0.6 is 38.8 Å². The van der Waals surface area contributed by atoms with Crippen LogP contribution in [0.25, 0.3) is 10.6 Å². The molecule has 62 valence electrons. The summed E-state index contributed by atoms with van der Waals surface area (Å²) in [5.74, 6) is 0. The summed E-state index contributed by atoms with van der Waals surface area (Å²) in [5.41, 5.74) is 0.971. The van der Waals surface area contributed by atoms with Crippen molar-refractivity contribution in [2.24, 2.45) is 0 Å². The Balaban J connectivity index is 2.48. The molecule has 0 spiro atoms. The van der Waals surface area contributed by atoms with E-state index >= 15 is 0 Å². The van der Waals surface area contributed by atoms with Crippen LogP contribution in [0, 0.1) is 6.92 Å². The van der Waals surface area contributed by atoms with Gasteiger partial charge in [0.05, 0.1) is 4.88 Å². The zero-order valence-electron chi connectivity index (χ0n) is 6.24. The van der Waals surface area contributed by atoms with Gasteiger partial charge in [-0.25, -0.2) is 0 Å². The van der Waals surface area contributed by atoms with Crippen molar-refractivity contribution in [3.05, 3.63) is 20.8 Å². The molecular formula is C7H5BrN2S2. The molecule has 0 aliphatic rings. The zero-order valence-corrected chi connectivity index (χ0v) is 9.46. The summed E-state index contributed by atoms with van der Waals surface area (Å²) < 4.78 is 4.97. The van der Waals surface area contributed by atoms with Crippen LogP contribution in [0.15, 0.2) is 15.9 Å². The van der Waals surface area contributed by atoms with Gasteiger partial charge in [-0.1, -0.05) is 4.49 Å². The van der Waals surface area contributed by atoms with E-state index in [1.54, 1.807) is 11.3 Å². The Morgan fingerprint density at radius 3 is 2.83 bits per heavy atom. The minimum atomic E-state index is 0.971. The summed E-state index contributed by atoms with van der Waals surface area (Å²) >= 11 is 6.58. The molecule has 0 fully saturated rings. The molecule has 0 bridgehead atoms. The maximum Gasteiger partial charge on any atom is 0.115 e. The highest BCUT2D eigenvalue weighted by atomic mass is 79.9. The van der Waals surface area contributed by atoms with Gasteiger partial charge in [-0.05, 0) is 40.5 Å². The van der Waals surface area contributed by atoms with Gasteiger partial charge in [0.2, 0.25) is 0 Å². The van der Waals surface area contributed by atoms with Crippen molar-refractivity contribution in [3.63, 3.8) is 0 Å². The summed E-state index contributed by atoms with van der Waals surface area (Å²) in [7, 11) is 0. The van der Waals surface area contributed by atoms with Crippen LogP contribution in [0.1, 0.15) is 4.88 Å². The highest BCUT2D eigenvalue weighted by molar-refractivity contribution is 9.10. The molecule has 0 aromatic carbocycles. The smallest absolute Gasteiger partial charge is 0.115 e. The predicted octanol–water partition coefficient (Wildman–Crippen LogP) is 3.34. The van der Waals surface area contributed by atoms with E-state index in [4.69, 9.17) is 0 Å². The van der Waals surface area contributed by atoms with E-state index in [0.29, 0.717) is 0 Å². The second-order valence-electron chi connectivity index (χ2n) is 2.30. The van der Waals surface area contributed by atoms with E-state index in [1.165, 1.54) is 21.3 Å². The quantitative estimate of drug-likeness (QED) is 0.786. The van der Waals surface area contributed by atoms with Gasteiger partial charge >= 0.3 is 0 Å². The summed E-state index contributed by atoms with van der Waals surface area (Å²) in [6.07, 6.45) is 0. The molecule has 2 aromatic rings. The maximum atomic E-state index is 4.00. The van der Waals surface area contributed by atoms with Crippen LogP contribution in [0.2, 0.25) is 0 Å². The van der Waals surface area contributed by atoms with Crippen LogP contribution in [0.5, 0.6) is 0 Å². The Morgan fingerprint density at radius 1 is 1.50 bits per heavy atom. The van der Waals surface area contributed by atoms with Gasteiger partial charge in [-0.3, -0.25) is 0 Å². The molecule has 2 rings (SSSR count). The van der Waals surface area contributed by atoms with Gasteiger partial charge in [-0.15, -0.1) is 16.4 Å². The number of hydrogen-bond acceptors (Lipinski definition) is 4. The van der Waals surface area contributed by atoms with E-state index in [-0.39, 0.29) is 0 Å². The molecule has 12 heavy (non-hydrogen) atoms. The van der Waals surface area contributed by atoms with Crippen molar-refractivity contribution in [2.45, 2.75) is 6.92 Å². The number of aryl methyl sites for hydroxylation is 1. The summed E-state index contributed by atoms with van der Waals surface area (Å²) in [6, 6.07) is 2.08. The molecule has 0 N–H and O–H groups in total. The molecule has 0 unspecified atom stereocenters. The van der Waals surface area contributed by atoms with Crippen molar-refractivity contribution >= 4 is 38.8 Å². The molecule has 0 saturated heterocycles. The van der Waals surface area contributed by atoms with Crippen molar-refractivity contribution in [1.29, 1.82) is 0 Å². The number of thiophene rings is 1. The molecule has 0 saturated carbocycles. The fraction of sp³-hybridized carbons (Fsp3) is 0.143. The number of rotatable bonds is 1. The normalized spacial score (nSPS) is 10.5. The van der Waals surface area contributed by atoms with Crippen LogP contribution in [-0.4, -0.2) is 9.59 Å². The summed E-state index contributed by atoms with van der Waals surface area (Å²) in [5, 5.41) is 5.96. The van der Waals surface area contributed by atoms with Gasteiger partial charge in [0.1, 0.15) is 5.69 Å². The fourth-order valence-electron chi connectivity index (χ4n) is 0.858. The first-order valence-corrected chi connectivity index (χ1v) is 5.75. The molecule has 2 heterocycles. The maximum absolute atomic E-state index is 4.00. The molecule has 0 amide bonds. The number of halogens is 1. The van der Waals surface area contributed by atoms with Crippen molar-refractivity contribution in [3.8, 4) is 10.6 Å². The minimum absolute atomic E-state index is 0.971. The Labute approximate surface area is 86.6 Å². The monoisotopic (exact) mass is 260 g/mol. The lowest BCUT2D eigenvalue weighted by molar-refractivity contribution is 1.17. The molecule has 0 aliphatic carbocycles. The first kappa shape index (κ1) is 8.34. The third kappa shape index (κ3) is 1.44. The largest absolute Gasteiger partial charge is 0.138 e. The Kier molecular flexibility index (Phi) is 2.25. The van der Waals surface area contributed by atoms with E-state index < -0.39 is 0 Å². The van der Waals surface area contributed by atoms with Gasteiger partial charge in [0, 0.05) is 14.7 Å². The van der Waals surface area contributed by atoms with Gasteiger partial charge in [0.25, 0.3) is 0 Å². The summed E-state index contributed by atoms with van der Waals surface area (Å²) in [6.45, 7) is 2.08. The lowest BCUT2D eigenvalue weighted by atomic mass is 10.4. The van der Waals surface area contributed by atoms with E-state index in [2.05, 4.69) is 38.5 Å². The highest BCUT2D eigenvalue weighted by Gasteiger charge is 2.06. The Morgan fingerprint density at radius 2 is 2.33 bits per heavy atom. The second-order valence-corrected chi connectivity index (χ2v) is 5.03.